The smallest absolute Gasteiger partial charge is 0.0445 e. The highest BCUT2D eigenvalue weighted by atomic mass is 28.3. The molecular weight excluding hydrogens is 172 g/mol. The number of fused-ring (bicyclic) bond motifs is 1. The Morgan fingerprint density at radius 2 is 1.54 bits per heavy atom. The van der Waals surface area contributed by atoms with Crippen molar-refractivity contribution in [2.45, 2.75) is 57.8 Å². The van der Waals surface area contributed by atoms with E-state index in [0.717, 1.165) is 17.8 Å². The van der Waals surface area contributed by atoms with Gasteiger partial charge in [0.05, 0.1) is 0 Å². The summed E-state index contributed by atoms with van der Waals surface area (Å²) in [4.78, 5) is 0. The van der Waals surface area contributed by atoms with Gasteiger partial charge >= 0.3 is 0 Å². The maximum atomic E-state index is 2.53. The third-order valence-corrected chi connectivity index (χ3v) is 5.79. The minimum Gasteiger partial charge on any atom is -0.0695 e. The van der Waals surface area contributed by atoms with Crippen molar-refractivity contribution in [2.24, 2.45) is 17.8 Å². The molecule has 2 rings (SSSR count). The number of hydrogen-bond donors (Lipinski definition) is 0. The zero-order valence-electron chi connectivity index (χ0n) is 9.47. The average molecular weight is 196 g/mol. The highest BCUT2D eigenvalue weighted by Crippen LogP contribution is 2.48. The molecule has 0 spiro atoms. The summed E-state index contributed by atoms with van der Waals surface area (Å²) in [7, 11) is -0.770. The van der Waals surface area contributed by atoms with Gasteiger partial charge in [0.1, 0.15) is 0 Å². The molecule has 2 aliphatic carbocycles. The van der Waals surface area contributed by atoms with Crippen molar-refractivity contribution in [1.29, 1.82) is 0 Å². The van der Waals surface area contributed by atoms with Gasteiger partial charge in [0.15, 0.2) is 0 Å². The molecule has 76 valence electrons. The van der Waals surface area contributed by atoms with Gasteiger partial charge in [0.2, 0.25) is 0 Å². The van der Waals surface area contributed by atoms with E-state index in [0.29, 0.717) is 0 Å². The molecule has 2 saturated carbocycles. The molecular formula is C12H24Si. The van der Waals surface area contributed by atoms with Gasteiger partial charge in [-0.1, -0.05) is 44.9 Å². The molecule has 0 N–H and O–H groups in total. The zero-order valence-corrected chi connectivity index (χ0v) is 10.5. The van der Waals surface area contributed by atoms with Crippen molar-refractivity contribution in [1.82, 2.24) is 0 Å². The molecule has 0 aromatic heterocycles. The first-order valence-electron chi connectivity index (χ1n) is 6.04. The molecule has 0 aliphatic heterocycles. The first-order valence-corrected chi connectivity index (χ1v) is 9.75. The lowest BCUT2D eigenvalue weighted by atomic mass is 10.0. The summed E-state index contributed by atoms with van der Waals surface area (Å²) >= 11 is 0. The van der Waals surface area contributed by atoms with Gasteiger partial charge in [-0.25, -0.2) is 0 Å². The minimum absolute atomic E-state index is 0.770. The second-order valence-electron chi connectivity index (χ2n) is 6.55. The Morgan fingerprint density at radius 1 is 1.00 bits per heavy atom. The second kappa shape index (κ2) is 3.41. The topological polar surface area (TPSA) is 0 Å². The molecule has 2 fully saturated rings. The van der Waals surface area contributed by atoms with Crippen LogP contribution in [0, 0.1) is 17.8 Å². The van der Waals surface area contributed by atoms with Gasteiger partial charge in [-0.15, -0.1) is 0 Å². The fraction of sp³-hybridized carbons (Fsp3) is 1.00. The van der Waals surface area contributed by atoms with Crippen LogP contribution in [-0.4, -0.2) is 8.07 Å². The monoisotopic (exact) mass is 196 g/mol. The molecule has 0 heterocycles. The molecule has 0 amide bonds. The van der Waals surface area contributed by atoms with E-state index in [-0.39, 0.29) is 0 Å². The van der Waals surface area contributed by atoms with E-state index in [1.807, 2.05) is 0 Å². The summed E-state index contributed by atoms with van der Waals surface area (Å²) in [6.07, 6.45) is 7.85. The molecule has 2 atom stereocenters. The Kier molecular flexibility index (Phi) is 2.56. The predicted octanol–water partition coefficient (Wildman–Crippen LogP) is 4.15. The Bertz CT molecular complexity index is 168. The minimum atomic E-state index is -0.770. The normalized spacial score (nSPS) is 35.3. The zero-order chi connectivity index (χ0) is 9.47. The van der Waals surface area contributed by atoms with Crippen LogP contribution in [0.4, 0.5) is 0 Å². The van der Waals surface area contributed by atoms with Gasteiger partial charge in [-0.3, -0.25) is 0 Å². The van der Waals surface area contributed by atoms with E-state index >= 15 is 0 Å². The average Bonchev–Trinajstić information content (AvgIpc) is 2.40. The highest BCUT2D eigenvalue weighted by Gasteiger charge is 2.38. The van der Waals surface area contributed by atoms with Crippen LogP contribution in [0.3, 0.4) is 0 Å². The molecule has 1 heteroatoms. The van der Waals surface area contributed by atoms with Crippen molar-refractivity contribution < 1.29 is 0 Å². The fourth-order valence-electron chi connectivity index (χ4n) is 3.72. The van der Waals surface area contributed by atoms with Gasteiger partial charge in [0, 0.05) is 8.07 Å². The summed E-state index contributed by atoms with van der Waals surface area (Å²) in [5.74, 6) is 3.43. The number of rotatable bonds is 2. The standard InChI is InChI=1S/C12H24Si/c1-13(2,3)9-10-7-11-5-4-6-12(11)8-10/h10-12H,4-9H2,1-3H3/t11-,12-/m0/s1. The third kappa shape index (κ3) is 2.37. The lowest BCUT2D eigenvalue weighted by molar-refractivity contribution is 0.457. The highest BCUT2D eigenvalue weighted by molar-refractivity contribution is 6.76. The van der Waals surface area contributed by atoms with E-state index in [9.17, 15) is 0 Å². The summed E-state index contributed by atoms with van der Waals surface area (Å²) in [5.41, 5.74) is 0. The summed E-state index contributed by atoms with van der Waals surface area (Å²) in [5, 5.41) is 0. The first-order chi connectivity index (χ1) is 6.04. The maximum Gasteiger partial charge on any atom is 0.0445 e. The number of hydrogen-bond acceptors (Lipinski definition) is 0. The molecule has 13 heavy (non-hydrogen) atoms. The van der Waals surface area contributed by atoms with Crippen LogP contribution in [-0.2, 0) is 0 Å². The Morgan fingerprint density at radius 3 is 2.00 bits per heavy atom. The van der Waals surface area contributed by atoms with E-state index in [4.69, 9.17) is 0 Å². The van der Waals surface area contributed by atoms with Gasteiger partial charge < -0.3 is 0 Å². The molecule has 0 bridgehead atoms. The van der Waals surface area contributed by atoms with E-state index in [2.05, 4.69) is 19.6 Å². The largest absolute Gasteiger partial charge is 0.0695 e. The van der Waals surface area contributed by atoms with Crippen molar-refractivity contribution in [3.63, 3.8) is 0 Å². The summed E-state index contributed by atoms with van der Waals surface area (Å²) < 4.78 is 0. The van der Waals surface area contributed by atoms with Crippen LogP contribution in [0.1, 0.15) is 32.1 Å². The van der Waals surface area contributed by atoms with Gasteiger partial charge in [-0.2, -0.15) is 0 Å². The van der Waals surface area contributed by atoms with Crippen molar-refractivity contribution in [3.05, 3.63) is 0 Å². The first kappa shape index (κ1) is 9.76. The van der Waals surface area contributed by atoms with Gasteiger partial charge in [-0.05, 0) is 30.6 Å². The summed E-state index contributed by atoms with van der Waals surface area (Å²) in [6, 6.07) is 1.60. The molecule has 0 nitrogen and oxygen atoms in total. The molecule has 0 saturated heterocycles. The Balaban J connectivity index is 1.85. The van der Waals surface area contributed by atoms with Crippen LogP contribution in [0.15, 0.2) is 0 Å². The van der Waals surface area contributed by atoms with Crippen molar-refractivity contribution >= 4 is 8.07 Å². The van der Waals surface area contributed by atoms with Crippen LogP contribution in [0.2, 0.25) is 25.7 Å². The van der Waals surface area contributed by atoms with Gasteiger partial charge in [0.25, 0.3) is 0 Å². The van der Waals surface area contributed by atoms with Crippen LogP contribution >= 0.6 is 0 Å². The van der Waals surface area contributed by atoms with Crippen molar-refractivity contribution in [3.8, 4) is 0 Å². The Labute approximate surface area is 84.1 Å². The van der Waals surface area contributed by atoms with E-state index < -0.39 is 8.07 Å². The SMILES string of the molecule is C[Si](C)(C)CC1C[C@@H]2CCC[C@H]2C1. The molecule has 2 aliphatic rings. The fourth-order valence-corrected chi connectivity index (χ4v) is 5.78. The van der Waals surface area contributed by atoms with Crippen LogP contribution in [0.25, 0.3) is 0 Å². The molecule has 0 aromatic carbocycles. The lowest BCUT2D eigenvalue weighted by Crippen LogP contribution is -2.23. The Hall–Kier alpha value is 0.217. The predicted molar refractivity (Wildman–Crippen MR) is 61.7 cm³/mol. The maximum absolute atomic E-state index is 2.53. The summed E-state index contributed by atoms with van der Waals surface area (Å²) in [6.45, 7) is 7.59. The van der Waals surface area contributed by atoms with E-state index in [1.165, 1.54) is 6.42 Å². The third-order valence-electron chi connectivity index (χ3n) is 3.99. The van der Waals surface area contributed by atoms with Crippen LogP contribution < -0.4 is 0 Å². The quantitative estimate of drug-likeness (QED) is 0.582. The second-order valence-corrected chi connectivity index (χ2v) is 12.1. The molecule has 0 unspecified atom stereocenters. The van der Waals surface area contributed by atoms with Crippen molar-refractivity contribution in [2.75, 3.05) is 0 Å². The van der Waals surface area contributed by atoms with Crippen LogP contribution in [0.5, 0.6) is 0 Å². The van der Waals surface area contributed by atoms with E-state index in [1.54, 1.807) is 31.7 Å². The molecule has 0 aromatic rings. The lowest BCUT2D eigenvalue weighted by Gasteiger charge is -2.21. The molecule has 0 radical (unpaired) electrons.